The van der Waals surface area contributed by atoms with Crippen LogP contribution in [0.2, 0.25) is 0 Å². The summed E-state index contributed by atoms with van der Waals surface area (Å²) in [5.74, 6) is 0.677. The predicted octanol–water partition coefficient (Wildman–Crippen LogP) is 2.32. The maximum atomic E-state index is 9.15. The average Bonchev–Trinajstić information content (AvgIpc) is 2.23. The van der Waals surface area contributed by atoms with Crippen LogP contribution in [-0.2, 0) is 4.74 Å². The maximum absolute atomic E-state index is 9.15. The lowest BCUT2D eigenvalue weighted by molar-refractivity contribution is 0.0444. The highest BCUT2D eigenvalue weighted by Gasteiger charge is 2.20. The summed E-state index contributed by atoms with van der Waals surface area (Å²) in [6.07, 6.45) is 3.98. The van der Waals surface area contributed by atoms with E-state index in [1.54, 1.807) is 0 Å². The van der Waals surface area contributed by atoms with E-state index in [1.165, 1.54) is 0 Å². The molecule has 0 amide bonds. The van der Waals surface area contributed by atoms with Crippen LogP contribution in [-0.4, -0.2) is 30.0 Å². The van der Waals surface area contributed by atoms with Gasteiger partial charge in [0, 0.05) is 12.1 Å². The molecular weight excluding hydrogens is 202 g/mol. The Morgan fingerprint density at radius 2 is 1.94 bits per heavy atom. The molecule has 0 saturated carbocycles. The first-order valence-corrected chi connectivity index (χ1v) is 6.45. The topological polar surface area (TPSA) is 55.5 Å². The van der Waals surface area contributed by atoms with Crippen LogP contribution in [0.25, 0.3) is 0 Å². The molecule has 0 aromatic carbocycles. The van der Waals surface area contributed by atoms with Gasteiger partial charge in [0.2, 0.25) is 0 Å². The van der Waals surface area contributed by atoms with Crippen LogP contribution in [0.15, 0.2) is 0 Å². The van der Waals surface area contributed by atoms with E-state index >= 15 is 0 Å². The van der Waals surface area contributed by atoms with Crippen LogP contribution in [0, 0.1) is 5.92 Å². The molecule has 16 heavy (non-hydrogen) atoms. The Labute approximate surface area is 100 Å². The monoisotopic (exact) mass is 231 g/mol. The molecular formula is C13H29NO2. The first-order chi connectivity index (χ1) is 7.43. The van der Waals surface area contributed by atoms with Gasteiger partial charge in [0.05, 0.1) is 12.7 Å². The van der Waals surface area contributed by atoms with E-state index in [0.29, 0.717) is 12.0 Å². The van der Waals surface area contributed by atoms with Gasteiger partial charge in [-0.3, -0.25) is 0 Å². The zero-order valence-electron chi connectivity index (χ0n) is 11.3. The minimum atomic E-state index is -0.412. The summed E-state index contributed by atoms with van der Waals surface area (Å²) < 4.78 is 5.70. The lowest BCUT2D eigenvalue weighted by atomic mass is 9.93. The highest BCUT2D eigenvalue weighted by molar-refractivity contribution is 4.81. The quantitative estimate of drug-likeness (QED) is 0.599. The number of hydrogen-bond donors (Lipinski definition) is 2. The molecule has 98 valence electrons. The second-order valence-electron chi connectivity index (χ2n) is 5.29. The number of ether oxygens (including phenoxy) is 1. The molecule has 0 aliphatic rings. The second kappa shape index (κ2) is 8.04. The molecule has 2 unspecified atom stereocenters. The zero-order valence-corrected chi connectivity index (χ0v) is 11.3. The largest absolute Gasteiger partial charge is 0.394 e. The second-order valence-corrected chi connectivity index (χ2v) is 5.29. The van der Waals surface area contributed by atoms with Gasteiger partial charge in [-0.05, 0) is 38.5 Å². The van der Waals surface area contributed by atoms with Crippen LogP contribution < -0.4 is 5.73 Å². The van der Waals surface area contributed by atoms with Gasteiger partial charge >= 0.3 is 0 Å². The number of rotatable bonds is 9. The van der Waals surface area contributed by atoms with Gasteiger partial charge in [-0.15, -0.1) is 0 Å². The highest BCUT2D eigenvalue weighted by Crippen LogP contribution is 2.14. The van der Waals surface area contributed by atoms with Crippen molar-refractivity contribution in [3.05, 3.63) is 0 Å². The smallest absolute Gasteiger partial charge is 0.0611 e. The third kappa shape index (κ3) is 7.20. The number of nitrogens with two attached hydrogens (primary N) is 1. The van der Waals surface area contributed by atoms with Crippen molar-refractivity contribution in [3.63, 3.8) is 0 Å². The summed E-state index contributed by atoms with van der Waals surface area (Å²) in [6.45, 7) is 9.33. The summed E-state index contributed by atoms with van der Waals surface area (Å²) in [5, 5.41) is 9.15. The third-order valence-corrected chi connectivity index (χ3v) is 3.04. The van der Waals surface area contributed by atoms with Crippen molar-refractivity contribution in [3.8, 4) is 0 Å². The van der Waals surface area contributed by atoms with Crippen LogP contribution >= 0.6 is 0 Å². The number of aliphatic hydroxyl groups is 1. The Kier molecular flexibility index (Phi) is 7.98. The van der Waals surface area contributed by atoms with E-state index in [0.717, 1.165) is 32.3 Å². The van der Waals surface area contributed by atoms with Gasteiger partial charge in [-0.1, -0.05) is 20.8 Å². The van der Waals surface area contributed by atoms with Crippen molar-refractivity contribution in [2.45, 2.75) is 65.0 Å². The fraction of sp³-hybridized carbons (Fsp3) is 1.00. The molecule has 3 N–H and O–H groups in total. The number of aliphatic hydroxyl groups excluding tert-OH is 1. The molecule has 3 nitrogen and oxygen atoms in total. The molecule has 0 bridgehead atoms. The summed E-state index contributed by atoms with van der Waals surface area (Å²) in [5.41, 5.74) is 5.58. The van der Waals surface area contributed by atoms with E-state index < -0.39 is 5.54 Å². The molecule has 0 spiro atoms. The fourth-order valence-corrected chi connectivity index (χ4v) is 1.81. The first-order valence-electron chi connectivity index (χ1n) is 6.45. The molecule has 0 aromatic heterocycles. The molecule has 0 aliphatic heterocycles. The molecule has 0 heterocycles. The Balaban J connectivity index is 3.59. The van der Waals surface area contributed by atoms with E-state index in [2.05, 4.69) is 20.8 Å². The molecule has 2 atom stereocenters. The van der Waals surface area contributed by atoms with Crippen molar-refractivity contribution in [1.29, 1.82) is 0 Å². The summed E-state index contributed by atoms with van der Waals surface area (Å²) >= 11 is 0. The minimum absolute atomic E-state index is 0.0606. The molecule has 0 rings (SSSR count). The molecule has 0 aliphatic carbocycles. The molecule has 0 saturated heterocycles. The van der Waals surface area contributed by atoms with Crippen molar-refractivity contribution in [1.82, 2.24) is 0 Å². The normalized spacial score (nSPS) is 17.4. The summed E-state index contributed by atoms with van der Waals surface area (Å²) in [7, 11) is 0. The van der Waals surface area contributed by atoms with E-state index in [1.807, 2.05) is 6.92 Å². The molecule has 0 fully saturated rings. The van der Waals surface area contributed by atoms with Gasteiger partial charge in [-0.25, -0.2) is 0 Å². The van der Waals surface area contributed by atoms with Gasteiger partial charge in [0.15, 0.2) is 0 Å². The van der Waals surface area contributed by atoms with Crippen molar-refractivity contribution in [2.24, 2.45) is 11.7 Å². The maximum Gasteiger partial charge on any atom is 0.0611 e. The van der Waals surface area contributed by atoms with Crippen LogP contribution in [0.1, 0.15) is 53.4 Å². The summed E-state index contributed by atoms with van der Waals surface area (Å²) in [4.78, 5) is 0. The van der Waals surface area contributed by atoms with Crippen molar-refractivity contribution in [2.75, 3.05) is 13.2 Å². The highest BCUT2D eigenvalue weighted by atomic mass is 16.5. The first kappa shape index (κ1) is 15.9. The molecule has 3 heteroatoms. The van der Waals surface area contributed by atoms with E-state index in [9.17, 15) is 0 Å². The Morgan fingerprint density at radius 1 is 1.31 bits per heavy atom. The SMILES string of the molecule is CCC(N)(CO)CCCOC(C)CC(C)C. The molecule has 0 radical (unpaired) electrons. The Morgan fingerprint density at radius 3 is 2.38 bits per heavy atom. The van der Waals surface area contributed by atoms with Gasteiger partial charge in [-0.2, -0.15) is 0 Å². The standard InChI is InChI=1S/C13H29NO2/c1-5-13(14,10-15)7-6-8-16-12(4)9-11(2)3/h11-12,15H,5-10,14H2,1-4H3. The zero-order chi connectivity index (χ0) is 12.6. The van der Waals surface area contributed by atoms with Crippen LogP contribution in [0.3, 0.4) is 0 Å². The number of hydrogen-bond acceptors (Lipinski definition) is 3. The Bertz CT molecular complexity index is 167. The predicted molar refractivity (Wildman–Crippen MR) is 68.4 cm³/mol. The van der Waals surface area contributed by atoms with Crippen LogP contribution in [0.4, 0.5) is 0 Å². The van der Waals surface area contributed by atoms with Crippen molar-refractivity contribution < 1.29 is 9.84 Å². The van der Waals surface area contributed by atoms with E-state index in [-0.39, 0.29) is 6.61 Å². The average molecular weight is 231 g/mol. The van der Waals surface area contributed by atoms with Crippen LogP contribution in [0.5, 0.6) is 0 Å². The Hall–Kier alpha value is -0.120. The summed E-state index contributed by atoms with van der Waals surface area (Å²) in [6, 6.07) is 0. The fourth-order valence-electron chi connectivity index (χ4n) is 1.81. The van der Waals surface area contributed by atoms with Gasteiger partial charge in [0.25, 0.3) is 0 Å². The van der Waals surface area contributed by atoms with E-state index in [4.69, 9.17) is 15.6 Å². The minimum Gasteiger partial charge on any atom is -0.394 e. The molecule has 0 aromatic rings. The van der Waals surface area contributed by atoms with Crippen molar-refractivity contribution >= 4 is 0 Å². The van der Waals surface area contributed by atoms with Gasteiger partial charge in [0.1, 0.15) is 0 Å². The van der Waals surface area contributed by atoms with Gasteiger partial charge < -0.3 is 15.6 Å². The lowest BCUT2D eigenvalue weighted by Gasteiger charge is -2.25. The third-order valence-electron chi connectivity index (χ3n) is 3.04. The lowest BCUT2D eigenvalue weighted by Crippen LogP contribution is -2.43.